The highest BCUT2D eigenvalue weighted by atomic mass is 16.6. The van der Waals surface area contributed by atoms with Crippen molar-refractivity contribution in [1.82, 2.24) is 60.6 Å². The van der Waals surface area contributed by atoms with Gasteiger partial charge in [0.2, 0.25) is 17.6 Å². The van der Waals surface area contributed by atoms with Crippen molar-refractivity contribution in [2.45, 2.75) is 225 Å². The number of aliphatic hydroxyl groups excluding tert-OH is 2. The normalized spacial score (nSPS) is 26.4. The number of cyclic esters (lactones) is 1. The van der Waals surface area contributed by atoms with Crippen LogP contribution in [0, 0.1) is 35.5 Å². The molecule has 1 aromatic carbocycles. The number of rotatable bonds is 39. The molecular formula is C90H135N13O23. The fourth-order valence-corrected chi connectivity index (χ4v) is 16.7. The summed E-state index contributed by atoms with van der Waals surface area (Å²) in [7, 11) is 4.75. The highest BCUT2D eigenvalue weighted by Crippen LogP contribution is 2.41. The molecule has 36 heteroatoms. The number of phenols is 1. The SMILES string of the molecule is CO[C@H]1C[C@@H]2CC[C@@H](C)[C@@](O)(O2)C(=O)C(=O)N2CCCC[C@H]2C(=O)O[C@H]([C@H](C)C[C@@H]2CC[C@H](n3cc(COC(=O)NCCOCCOCCOCCC(=O)NCCOCCOCCOCCC(=O)NCCCCn4nc(-c5cc6cc(O)ccc6[nH]5)c5c(N)ncnc54)nn3)[C@H](OC)C2)C[C@@H](OC)[C@H](C)/C=C(\C)[C@@H](O)[C@@H](O)C(=O)[C@H](C)C[C@H](C)/C=C/C=CC=C1C. The Morgan fingerprint density at radius 3 is 2.09 bits per heavy atom. The molecule has 0 radical (unpaired) electrons. The fourth-order valence-electron chi connectivity index (χ4n) is 16.7. The summed E-state index contributed by atoms with van der Waals surface area (Å²) in [5.41, 5.74) is 10.7. The Balaban J connectivity index is 0.616. The first kappa shape index (κ1) is 101. The molecule has 3 aliphatic heterocycles. The number of methoxy groups -OCH3 is 3. The number of aromatic nitrogens is 8. The van der Waals surface area contributed by atoms with Crippen LogP contribution in [0.15, 0.2) is 84.4 Å². The number of unbranched alkanes of at least 4 members (excludes halogenated alkanes) is 1. The average molecular weight is 1770 g/mol. The lowest BCUT2D eigenvalue weighted by Crippen LogP contribution is -2.61. The summed E-state index contributed by atoms with van der Waals surface area (Å²) < 4.78 is 73.4. The first-order valence-electron chi connectivity index (χ1n) is 44.4. The lowest BCUT2D eigenvalue weighted by atomic mass is 9.77. The van der Waals surface area contributed by atoms with Crippen molar-refractivity contribution in [3.05, 3.63) is 90.1 Å². The van der Waals surface area contributed by atoms with Crippen LogP contribution >= 0.6 is 0 Å². The number of ether oxygens (including phenoxy) is 12. The Bertz CT molecular complexity index is 4400. The number of Topliss-reactive ketones (excluding diaryl/α,β-unsaturated/α-hetero) is 2. The number of ketones is 2. The van der Waals surface area contributed by atoms with Crippen LogP contribution in [0.25, 0.3) is 33.3 Å². The molecule has 0 unspecified atom stereocenters. The van der Waals surface area contributed by atoms with E-state index in [0.717, 1.165) is 35.0 Å². The number of hydrogen-bond acceptors (Lipinski definition) is 29. The predicted octanol–water partition coefficient (Wildman–Crippen LogP) is 7.84. The maximum absolute atomic E-state index is 14.9. The first-order chi connectivity index (χ1) is 60.7. The topological polar surface area (TPSA) is 467 Å². The van der Waals surface area contributed by atoms with E-state index in [2.05, 4.69) is 41.2 Å². The molecule has 16 atom stereocenters. The number of aliphatic hydroxyl groups is 3. The van der Waals surface area contributed by atoms with Crippen LogP contribution in [0.5, 0.6) is 5.75 Å². The number of carbonyl (C=O) groups is 7. The second kappa shape index (κ2) is 51.8. The molecule has 1 aliphatic carbocycles. The van der Waals surface area contributed by atoms with Gasteiger partial charge in [0.15, 0.2) is 11.4 Å². The summed E-state index contributed by atoms with van der Waals surface area (Å²) in [4.78, 5) is 108. The molecule has 0 spiro atoms. The number of aromatic amines is 1. The largest absolute Gasteiger partial charge is 0.508 e. The lowest BCUT2D eigenvalue weighted by Gasteiger charge is -2.43. The molecule has 2 bridgehead atoms. The third kappa shape index (κ3) is 30.3. The van der Waals surface area contributed by atoms with Gasteiger partial charge in [0.05, 0.1) is 127 Å². The molecule has 4 aromatic heterocycles. The van der Waals surface area contributed by atoms with E-state index >= 15 is 0 Å². The van der Waals surface area contributed by atoms with Crippen molar-refractivity contribution in [3.63, 3.8) is 0 Å². The summed E-state index contributed by atoms with van der Waals surface area (Å²) in [6.07, 6.45) is 15.1. The van der Waals surface area contributed by atoms with E-state index in [1.165, 1.54) is 11.2 Å². The molecule has 4 amide bonds. The smallest absolute Gasteiger partial charge is 0.407 e. The summed E-state index contributed by atoms with van der Waals surface area (Å²) in [6.45, 7) is 17.8. The zero-order chi connectivity index (χ0) is 90.7. The zero-order valence-corrected chi connectivity index (χ0v) is 74.8. The van der Waals surface area contributed by atoms with Crippen molar-refractivity contribution in [2.75, 3.05) is 133 Å². The van der Waals surface area contributed by atoms with Gasteiger partial charge in [-0.3, -0.25) is 24.0 Å². The van der Waals surface area contributed by atoms with Crippen molar-refractivity contribution in [3.8, 4) is 17.1 Å². The summed E-state index contributed by atoms with van der Waals surface area (Å²) in [5.74, 6) is -7.69. The van der Waals surface area contributed by atoms with Crippen molar-refractivity contribution >= 4 is 69.1 Å². The number of alkyl carbamates (subject to hydrolysis) is 1. The van der Waals surface area contributed by atoms with Gasteiger partial charge < -0.3 is 109 Å². The van der Waals surface area contributed by atoms with Gasteiger partial charge in [-0.1, -0.05) is 76.3 Å². The molecule has 36 nitrogen and oxygen atoms in total. The van der Waals surface area contributed by atoms with E-state index in [1.54, 1.807) is 81.9 Å². The van der Waals surface area contributed by atoms with Gasteiger partial charge >= 0.3 is 12.1 Å². The first-order valence-corrected chi connectivity index (χ1v) is 44.4. The lowest BCUT2D eigenvalue weighted by molar-refractivity contribution is -0.265. The maximum atomic E-state index is 14.9. The van der Waals surface area contributed by atoms with Crippen molar-refractivity contribution in [1.29, 1.82) is 0 Å². The molecule has 4 aliphatic rings. The number of fused-ring (bicyclic) bond motifs is 5. The van der Waals surface area contributed by atoms with Gasteiger partial charge in [-0.15, -0.1) is 5.10 Å². The minimum Gasteiger partial charge on any atom is -0.508 e. The number of nitrogen functional groups attached to an aromatic ring is 1. The van der Waals surface area contributed by atoms with Crippen LogP contribution in [0.2, 0.25) is 0 Å². The molecule has 3 fully saturated rings. The average Bonchev–Trinajstić information content (AvgIpc) is 1.53. The van der Waals surface area contributed by atoms with Gasteiger partial charge in [-0.05, 0) is 144 Å². The number of carbonyl (C=O) groups excluding carboxylic acids is 7. The molecule has 7 heterocycles. The minimum atomic E-state index is -2.47. The maximum Gasteiger partial charge on any atom is 0.407 e. The number of hydrogen-bond donors (Lipinski definition) is 9. The number of aryl methyl sites for hydroxylation is 1. The number of nitrogens with one attached hydrogen (secondary N) is 4. The molecule has 698 valence electrons. The van der Waals surface area contributed by atoms with Gasteiger partial charge in [0, 0.05) is 108 Å². The number of H-pyrrole nitrogens is 1. The Labute approximate surface area is 737 Å². The zero-order valence-electron chi connectivity index (χ0n) is 74.8. The van der Waals surface area contributed by atoms with Crippen molar-refractivity contribution < 1.29 is 111 Å². The van der Waals surface area contributed by atoms with Crippen LogP contribution in [0.1, 0.15) is 163 Å². The Morgan fingerprint density at radius 2 is 1.40 bits per heavy atom. The molecule has 1 saturated carbocycles. The van der Waals surface area contributed by atoms with Gasteiger partial charge in [0.1, 0.15) is 60.2 Å². The molecular weight excluding hydrogens is 1630 g/mol. The third-order valence-corrected chi connectivity index (χ3v) is 24.0. The van der Waals surface area contributed by atoms with Crippen LogP contribution in [-0.4, -0.2) is 288 Å². The van der Waals surface area contributed by atoms with E-state index in [4.69, 9.17) is 67.7 Å². The number of amides is 4. The highest BCUT2D eigenvalue weighted by molar-refractivity contribution is 6.39. The second-order valence-electron chi connectivity index (χ2n) is 33.5. The molecule has 9 rings (SSSR count). The minimum absolute atomic E-state index is 0.0501. The predicted molar refractivity (Wildman–Crippen MR) is 465 cm³/mol. The quantitative estimate of drug-likeness (QED) is 0.00782. The summed E-state index contributed by atoms with van der Waals surface area (Å²) >= 11 is 0. The van der Waals surface area contributed by atoms with Crippen LogP contribution < -0.4 is 21.7 Å². The van der Waals surface area contributed by atoms with Gasteiger partial charge in [-0.25, -0.2) is 28.9 Å². The van der Waals surface area contributed by atoms with E-state index in [9.17, 15) is 54.0 Å². The third-order valence-electron chi connectivity index (χ3n) is 24.0. The molecule has 5 aromatic rings. The Hall–Kier alpha value is -9.02. The number of aromatic hydroxyl groups is 1. The van der Waals surface area contributed by atoms with E-state index < -0.39 is 95.7 Å². The molecule has 10 N–H and O–H groups in total. The van der Waals surface area contributed by atoms with E-state index in [0.29, 0.717) is 151 Å². The highest BCUT2D eigenvalue weighted by Gasteiger charge is 2.53. The number of allylic oxidation sites excluding steroid dienone is 5. The van der Waals surface area contributed by atoms with Gasteiger partial charge in [0.25, 0.3) is 11.7 Å². The monoisotopic (exact) mass is 1770 g/mol. The number of nitrogens with two attached hydrogens (primary N) is 1. The number of nitrogens with zero attached hydrogens (tertiary/aromatic N) is 8. The Kier molecular flexibility index (Phi) is 41.4. The van der Waals surface area contributed by atoms with Crippen molar-refractivity contribution in [2.24, 2.45) is 35.5 Å². The molecule has 2 saturated heterocycles. The number of phenolic OH excluding ortho intramolecular Hbond substituents is 1. The summed E-state index contributed by atoms with van der Waals surface area (Å²) in [5, 5.41) is 68.3. The fraction of sp³-hybridized carbons (Fsp3) is 0.667. The number of benzene rings is 1. The number of anilines is 1. The van der Waals surface area contributed by atoms with E-state index in [-0.39, 0.29) is 139 Å². The molecule has 126 heavy (non-hydrogen) atoms. The summed E-state index contributed by atoms with van der Waals surface area (Å²) in [6, 6.07) is 5.61. The number of esters is 1. The Morgan fingerprint density at radius 1 is 0.722 bits per heavy atom. The second-order valence-corrected chi connectivity index (χ2v) is 33.5. The van der Waals surface area contributed by atoms with Crippen LogP contribution in [-0.2, 0) is 98.8 Å². The van der Waals surface area contributed by atoms with Gasteiger partial charge in [-0.2, -0.15) is 5.10 Å². The van der Waals surface area contributed by atoms with Crippen LogP contribution in [0.4, 0.5) is 10.6 Å². The van der Waals surface area contributed by atoms with Crippen LogP contribution in [0.3, 0.4) is 0 Å². The van der Waals surface area contributed by atoms with E-state index in [1.807, 2.05) is 64.1 Å². The standard InChI is InChI=1S/C90H135N13O23/c1-57-18-12-11-13-19-58(2)73(115-8)52-68-24-21-63(7)90(114,126-68)84(110)87(111)101-32-16-14-20-72(101)88(112)125-75(53-74(116-9)59(3)47-62(6)82(108)83(109)81(107)61(5)46-57)60(4)48-64-22-26-71(76(49-64)117-10)103-54-66(98-100-103)55-124-89(113)94-31-37-121-41-45-123-43-39-119-35-28-78(106)93-30-36-120-40-44-122-42-38-118-34-27-77(105)92-29-15-17-33-102-86-79(85(91)95-56-96-86)80(99-102)70-51-65-50-67(104)23-25-69(65)97-70/h11-13,18-19,23,25,47,50-51,54,56-57,59-61,63-64,68,71-76,82-83,97,104,108-109,114H,14-17,20-22,24,26-46,48-49,52-53,55H2,1-10H3,(H,92,105)(H,93,106)(H,94,113)(H2,91,95,96)/b13-11?,18-12+,58-19?,62-47+/t57-,59-,60-,61-,63-,64+,68+,71+,72+,73+,74-,75+,76-,82-,83+,90-/m1/s1. The number of piperidine rings is 1.